The summed E-state index contributed by atoms with van der Waals surface area (Å²) in [5.74, 6) is 0.147. The minimum absolute atomic E-state index is 0.147. The van der Waals surface area contributed by atoms with Crippen molar-refractivity contribution in [3.63, 3.8) is 0 Å². The third kappa shape index (κ3) is 2.27. The highest BCUT2D eigenvalue weighted by Gasteiger charge is 2.10. The summed E-state index contributed by atoms with van der Waals surface area (Å²) >= 11 is 10.5. The summed E-state index contributed by atoms with van der Waals surface area (Å²) in [6.07, 6.45) is -0.718. The van der Waals surface area contributed by atoms with Crippen molar-refractivity contribution >= 4 is 28.7 Å². The highest BCUT2D eigenvalue weighted by molar-refractivity contribution is 7.81. The summed E-state index contributed by atoms with van der Waals surface area (Å²) < 4.78 is 0. The maximum Gasteiger partial charge on any atom is 0.103 e. The van der Waals surface area contributed by atoms with Crippen molar-refractivity contribution in [1.29, 1.82) is 0 Å². The lowest BCUT2D eigenvalue weighted by Crippen LogP contribution is -2.20. The van der Waals surface area contributed by atoms with Crippen molar-refractivity contribution in [2.75, 3.05) is 5.88 Å². The number of benzene rings is 1. The molecule has 1 aromatic carbocycles. The molecule has 1 rings (SSSR count). The van der Waals surface area contributed by atoms with Gasteiger partial charge in [0.1, 0.15) is 6.10 Å². The minimum atomic E-state index is -0.718. The van der Waals surface area contributed by atoms with Crippen LogP contribution in [0, 0.1) is 0 Å². The van der Waals surface area contributed by atoms with Gasteiger partial charge in [0.2, 0.25) is 0 Å². The molecule has 12 heavy (non-hydrogen) atoms. The van der Waals surface area contributed by atoms with Gasteiger partial charge in [0.25, 0.3) is 0 Å². The molecule has 3 heteroatoms. The van der Waals surface area contributed by atoms with E-state index in [1.807, 2.05) is 30.3 Å². The van der Waals surface area contributed by atoms with E-state index in [0.29, 0.717) is 4.86 Å². The normalized spacial score (nSPS) is 12.5. The van der Waals surface area contributed by atoms with Crippen LogP contribution >= 0.6 is 23.8 Å². The van der Waals surface area contributed by atoms with Gasteiger partial charge in [0.15, 0.2) is 0 Å². The Bertz CT molecular complexity index is 260. The van der Waals surface area contributed by atoms with E-state index in [1.165, 1.54) is 0 Å². The van der Waals surface area contributed by atoms with E-state index < -0.39 is 6.10 Å². The SMILES string of the molecule is OC(CCl)C(=S)c1ccccc1. The molecule has 0 amide bonds. The van der Waals surface area contributed by atoms with Gasteiger partial charge in [-0.2, -0.15) is 0 Å². The lowest BCUT2D eigenvalue weighted by atomic mass is 10.1. The zero-order valence-electron chi connectivity index (χ0n) is 6.40. The highest BCUT2D eigenvalue weighted by Crippen LogP contribution is 2.05. The molecule has 0 aliphatic heterocycles. The van der Waals surface area contributed by atoms with Crippen molar-refractivity contribution < 1.29 is 5.11 Å². The van der Waals surface area contributed by atoms with E-state index in [4.69, 9.17) is 23.8 Å². The average molecular weight is 201 g/mol. The van der Waals surface area contributed by atoms with Gasteiger partial charge >= 0.3 is 0 Å². The second-order valence-corrected chi connectivity index (χ2v) is 3.15. The van der Waals surface area contributed by atoms with Crippen molar-refractivity contribution in [1.82, 2.24) is 0 Å². The molecule has 1 nitrogen and oxygen atoms in total. The molecular weight excluding hydrogens is 192 g/mol. The third-order valence-electron chi connectivity index (χ3n) is 1.51. The second-order valence-electron chi connectivity index (χ2n) is 2.40. The van der Waals surface area contributed by atoms with Crippen LogP contribution in [0.5, 0.6) is 0 Å². The summed E-state index contributed by atoms with van der Waals surface area (Å²) in [6, 6.07) is 9.38. The van der Waals surface area contributed by atoms with Crippen molar-refractivity contribution in [2.24, 2.45) is 0 Å². The zero-order valence-corrected chi connectivity index (χ0v) is 7.98. The van der Waals surface area contributed by atoms with Crippen LogP contribution in [0.1, 0.15) is 5.56 Å². The van der Waals surface area contributed by atoms with E-state index in [9.17, 15) is 5.11 Å². The zero-order chi connectivity index (χ0) is 8.97. The number of thiocarbonyl (C=S) groups is 1. The summed E-state index contributed by atoms with van der Waals surface area (Å²) in [4.78, 5) is 0.505. The molecule has 0 heterocycles. The fourth-order valence-electron chi connectivity index (χ4n) is 0.865. The molecule has 0 radical (unpaired) electrons. The number of rotatable bonds is 3. The molecule has 0 bridgehead atoms. The number of aliphatic hydroxyl groups excluding tert-OH is 1. The van der Waals surface area contributed by atoms with Crippen LogP contribution in [-0.2, 0) is 0 Å². The minimum Gasteiger partial charge on any atom is -0.386 e. The fourth-order valence-corrected chi connectivity index (χ4v) is 1.33. The first-order valence-corrected chi connectivity index (χ1v) is 4.53. The van der Waals surface area contributed by atoms with Crippen molar-refractivity contribution in [2.45, 2.75) is 6.10 Å². The van der Waals surface area contributed by atoms with E-state index in [2.05, 4.69) is 0 Å². The summed E-state index contributed by atoms with van der Waals surface area (Å²) in [6.45, 7) is 0. The molecule has 0 aliphatic rings. The number of hydrogen-bond acceptors (Lipinski definition) is 2. The molecule has 0 saturated heterocycles. The van der Waals surface area contributed by atoms with Gasteiger partial charge in [-0.25, -0.2) is 0 Å². The van der Waals surface area contributed by atoms with Crippen LogP contribution in [0.3, 0.4) is 0 Å². The van der Waals surface area contributed by atoms with E-state index in [0.717, 1.165) is 5.56 Å². The van der Waals surface area contributed by atoms with Gasteiger partial charge in [-0.3, -0.25) is 0 Å². The largest absolute Gasteiger partial charge is 0.386 e. The maximum absolute atomic E-state index is 9.31. The number of aliphatic hydroxyl groups is 1. The average Bonchev–Trinajstić information content (AvgIpc) is 2.17. The Morgan fingerprint density at radius 3 is 2.50 bits per heavy atom. The van der Waals surface area contributed by atoms with Crippen LogP contribution in [-0.4, -0.2) is 22.0 Å². The molecule has 0 saturated carbocycles. The summed E-state index contributed by atoms with van der Waals surface area (Å²) in [5, 5.41) is 9.31. The number of hydrogen-bond donors (Lipinski definition) is 1. The van der Waals surface area contributed by atoms with Crippen LogP contribution in [0.25, 0.3) is 0 Å². The molecule has 1 atom stereocenters. The quantitative estimate of drug-likeness (QED) is 0.458. The Hall–Kier alpha value is -0.440. The Kier molecular flexibility index (Phi) is 3.66. The standard InChI is InChI=1S/C9H9ClOS/c10-6-8(11)9(12)7-4-2-1-3-5-7/h1-5,8,11H,6H2. The van der Waals surface area contributed by atoms with Crippen LogP contribution in [0.4, 0.5) is 0 Å². The van der Waals surface area contributed by atoms with Crippen LogP contribution in [0.2, 0.25) is 0 Å². The maximum atomic E-state index is 9.31. The van der Waals surface area contributed by atoms with Gasteiger partial charge < -0.3 is 5.11 Å². The molecular formula is C9H9ClOS. The highest BCUT2D eigenvalue weighted by atomic mass is 35.5. The molecule has 1 unspecified atom stereocenters. The molecule has 0 aromatic heterocycles. The van der Waals surface area contributed by atoms with Gasteiger partial charge in [0.05, 0.1) is 10.7 Å². The monoisotopic (exact) mass is 200 g/mol. The Balaban J connectivity index is 2.79. The van der Waals surface area contributed by atoms with Crippen molar-refractivity contribution in [3.8, 4) is 0 Å². The lowest BCUT2D eigenvalue weighted by molar-refractivity contribution is 0.268. The molecule has 0 aliphatic carbocycles. The predicted molar refractivity (Wildman–Crippen MR) is 54.9 cm³/mol. The Morgan fingerprint density at radius 1 is 1.42 bits per heavy atom. The Morgan fingerprint density at radius 2 is 2.00 bits per heavy atom. The van der Waals surface area contributed by atoms with Crippen molar-refractivity contribution in [3.05, 3.63) is 35.9 Å². The summed E-state index contributed by atoms with van der Waals surface area (Å²) in [5.41, 5.74) is 0.862. The smallest absolute Gasteiger partial charge is 0.103 e. The van der Waals surface area contributed by atoms with Gasteiger partial charge in [0, 0.05) is 0 Å². The predicted octanol–water partition coefficient (Wildman–Crippen LogP) is 2.00. The van der Waals surface area contributed by atoms with E-state index >= 15 is 0 Å². The number of alkyl halides is 1. The molecule has 1 N–H and O–H groups in total. The fraction of sp³-hybridized carbons (Fsp3) is 0.222. The van der Waals surface area contributed by atoms with Crippen LogP contribution < -0.4 is 0 Å². The third-order valence-corrected chi connectivity index (χ3v) is 2.31. The topological polar surface area (TPSA) is 20.2 Å². The van der Waals surface area contributed by atoms with Gasteiger partial charge in [-0.15, -0.1) is 11.6 Å². The van der Waals surface area contributed by atoms with E-state index in [-0.39, 0.29) is 5.88 Å². The van der Waals surface area contributed by atoms with Gasteiger partial charge in [-0.05, 0) is 5.56 Å². The first-order valence-electron chi connectivity index (χ1n) is 3.59. The lowest BCUT2D eigenvalue weighted by Gasteiger charge is -2.07. The molecule has 0 spiro atoms. The molecule has 0 fully saturated rings. The van der Waals surface area contributed by atoms with E-state index in [1.54, 1.807) is 0 Å². The molecule has 64 valence electrons. The van der Waals surface area contributed by atoms with Gasteiger partial charge in [-0.1, -0.05) is 42.5 Å². The Labute approximate surface area is 82.0 Å². The first kappa shape index (κ1) is 9.65. The summed E-state index contributed by atoms with van der Waals surface area (Å²) in [7, 11) is 0. The molecule has 1 aromatic rings. The second kappa shape index (κ2) is 4.55. The van der Waals surface area contributed by atoms with Crippen LogP contribution in [0.15, 0.2) is 30.3 Å². The first-order chi connectivity index (χ1) is 5.75. The number of halogens is 1.